The number of aromatic nitrogens is 1. The summed E-state index contributed by atoms with van der Waals surface area (Å²) in [4.78, 5) is 15.5. The minimum Gasteiger partial charge on any atom is -0.392 e. The number of carbonyl (C=O) groups is 1. The molecule has 2 aromatic rings. The number of aliphatic hydroxyl groups excluding tert-OH is 1. The van der Waals surface area contributed by atoms with Crippen molar-refractivity contribution in [3.8, 4) is 0 Å². The van der Waals surface area contributed by atoms with Crippen molar-refractivity contribution in [3.05, 3.63) is 65.5 Å². The van der Waals surface area contributed by atoms with Gasteiger partial charge in [-0.05, 0) is 29.3 Å². The number of hydrogen-bond donors (Lipinski definition) is 2. The van der Waals surface area contributed by atoms with Gasteiger partial charge in [-0.2, -0.15) is 5.10 Å². The van der Waals surface area contributed by atoms with Crippen LogP contribution in [0.25, 0.3) is 0 Å². The highest BCUT2D eigenvalue weighted by atomic mass is 16.3. The Morgan fingerprint density at radius 1 is 1.32 bits per heavy atom. The SMILES string of the molecule is O=C(N/N=C/c1cccc(CO)c1)c1ccncc1. The summed E-state index contributed by atoms with van der Waals surface area (Å²) >= 11 is 0. The van der Waals surface area contributed by atoms with E-state index in [1.165, 1.54) is 6.21 Å². The molecular weight excluding hydrogens is 242 g/mol. The van der Waals surface area contributed by atoms with Crippen LogP contribution in [0, 0.1) is 0 Å². The first-order valence-electron chi connectivity index (χ1n) is 5.73. The predicted octanol–water partition coefficient (Wildman–Crippen LogP) is 1.34. The Labute approximate surface area is 110 Å². The van der Waals surface area contributed by atoms with Gasteiger partial charge in [0.2, 0.25) is 0 Å². The molecule has 0 bridgehead atoms. The molecule has 2 rings (SSSR count). The summed E-state index contributed by atoms with van der Waals surface area (Å²) in [6.07, 6.45) is 4.62. The van der Waals surface area contributed by atoms with Crippen LogP contribution in [0.1, 0.15) is 21.5 Å². The lowest BCUT2D eigenvalue weighted by atomic mass is 10.1. The van der Waals surface area contributed by atoms with Crippen LogP contribution in [0.2, 0.25) is 0 Å². The normalized spacial score (nSPS) is 10.6. The van der Waals surface area contributed by atoms with E-state index in [2.05, 4.69) is 15.5 Å². The lowest BCUT2D eigenvalue weighted by Gasteiger charge is -1.99. The lowest BCUT2D eigenvalue weighted by molar-refractivity contribution is 0.0955. The molecule has 1 heterocycles. The third-order valence-electron chi connectivity index (χ3n) is 2.46. The van der Waals surface area contributed by atoms with Crippen molar-refractivity contribution in [2.45, 2.75) is 6.61 Å². The minimum atomic E-state index is -0.294. The largest absolute Gasteiger partial charge is 0.392 e. The molecule has 5 nitrogen and oxygen atoms in total. The van der Waals surface area contributed by atoms with Gasteiger partial charge in [-0.1, -0.05) is 18.2 Å². The van der Waals surface area contributed by atoms with Crippen molar-refractivity contribution >= 4 is 12.1 Å². The highest BCUT2D eigenvalue weighted by molar-refractivity contribution is 5.94. The first kappa shape index (κ1) is 12.9. The zero-order valence-electron chi connectivity index (χ0n) is 10.2. The van der Waals surface area contributed by atoms with Crippen LogP contribution < -0.4 is 5.43 Å². The highest BCUT2D eigenvalue weighted by Crippen LogP contribution is 2.02. The summed E-state index contributed by atoms with van der Waals surface area (Å²) in [6.45, 7) is -0.0228. The Morgan fingerprint density at radius 3 is 2.84 bits per heavy atom. The van der Waals surface area contributed by atoms with Crippen LogP contribution in [-0.4, -0.2) is 22.2 Å². The van der Waals surface area contributed by atoms with Gasteiger partial charge in [0, 0.05) is 18.0 Å². The van der Waals surface area contributed by atoms with Crippen molar-refractivity contribution in [2.24, 2.45) is 5.10 Å². The fraction of sp³-hybridized carbons (Fsp3) is 0.0714. The summed E-state index contributed by atoms with van der Waals surface area (Å²) in [7, 11) is 0. The van der Waals surface area contributed by atoms with Gasteiger partial charge in [0.25, 0.3) is 5.91 Å². The standard InChI is InChI=1S/C14H13N3O2/c18-10-12-3-1-2-11(8-12)9-16-17-14(19)13-4-6-15-7-5-13/h1-9,18H,10H2,(H,17,19)/b16-9+. The molecule has 1 amide bonds. The molecule has 0 aliphatic rings. The number of nitrogens with zero attached hydrogens (tertiary/aromatic N) is 2. The van der Waals surface area contributed by atoms with E-state index < -0.39 is 0 Å². The maximum atomic E-state index is 11.7. The number of amides is 1. The van der Waals surface area contributed by atoms with Crippen molar-refractivity contribution in [3.63, 3.8) is 0 Å². The highest BCUT2D eigenvalue weighted by Gasteiger charge is 2.01. The van der Waals surface area contributed by atoms with Crippen LogP contribution in [0.4, 0.5) is 0 Å². The van der Waals surface area contributed by atoms with Gasteiger partial charge in [-0.3, -0.25) is 9.78 Å². The summed E-state index contributed by atoms with van der Waals surface area (Å²) < 4.78 is 0. The number of hydrazone groups is 1. The second-order valence-corrected chi connectivity index (χ2v) is 3.84. The van der Waals surface area contributed by atoms with E-state index in [0.29, 0.717) is 5.56 Å². The Balaban J connectivity index is 1.98. The van der Waals surface area contributed by atoms with Gasteiger partial charge in [0.15, 0.2) is 0 Å². The topological polar surface area (TPSA) is 74.6 Å². The quantitative estimate of drug-likeness (QED) is 0.639. The van der Waals surface area contributed by atoms with Gasteiger partial charge < -0.3 is 5.11 Å². The molecule has 0 aliphatic carbocycles. The van der Waals surface area contributed by atoms with E-state index in [-0.39, 0.29) is 12.5 Å². The zero-order valence-corrected chi connectivity index (χ0v) is 10.2. The second kappa shape index (κ2) is 6.42. The molecule has 0 unspecified atom stereocenters. The fourth-order valence-corrected chi connectivity index (χ4v) is 1.51. The third kappa shape index (κ3) is 3.72. The molecule has 0 fully saturated rings. The number of hydrogen-bond acceptors (Lipinski definition) is 4. The number of aliphatic hydroxyl groups is 1. The second-order valence-electron chi connectivity index (χ2n) is 3.84. The van der Waals surface area contributed by atoms with E-state index in [1.807, 2.05) is 18.2 Å². The van der Waals surface area contributed by atoms with Crippen LogP contribution in [0.3, 0.4) is 0 Å². The van der Waals surface area contributed by atoms with E-state index in [9.17, 15) is 4.79 Å². The molecule has 2 N–H and O–H groups in total. The van der Waals surface area contributed by atoms with E-state index in [0.717, 1.165) is 11.1 Å². The zero-order chi connectivity index (χ0) is 13.5. The maximum absolute atomic E-state index is 11.7. The van der Waals surface area contributed by atoms with E-state index in [4.69, 9.17) is 5.11 Å². The minimum absolute atomic E-state index is 0.0228. The Bertz CT molecular complexity index is 582. The molecule has 0 saturated carbocycles. The lowest BCUT2D eigenvalue weighted by Crippen LogP contribution is -2.17. The monoisotopic (exact) mass is 255 g/mol. The van der Waals surface area contributed by atoms with Gasteiger partial charge in [0.05, 0.1) is 12.8 Å². The van der Waals surface area contributed by atoms with Gasteiger partial charge in [-0.15, -0.1) is 0 Å². The molecule has 0 radical (unpaired) electrons. The molecule has 19 heavy (non-hydrogen) atoms. The summed E-state index contributed by atoms with van der Waals surface area (Å²) in [5, 5.41) is 12.9. The molecule has 0 atom stereocenters. The molecule has 5 heteroatoms. The summed E-state index contributed by atoms with van der Waals surface area (Å²) in [6, 6.07) is 10.5. The predicted molar refractivity (Wildman–Crippen MR) is 71.7 cm³/mol. The Morgan fingerprint density at radius 2 is 2.11 bits per heavy atom. The smallest absolute Gasteiger partial charge is 0.271 e. The maximum Gasteiger partial charge on any atom is 0.271 e. The molecule has 96 valence electrons. The number of nitrogens with one attached hydrogen (secondary N) is 1. The van der Waals surface area contributed by atoms with Gasteiger partial charge in [-0.25, -0.2) is 5.43 Å². The van der Waals surface area contributed by atoms with Crippen molar-refractivity contribution in [2.75, 3.05) is 0 Å². The Hall–Kier alpha value is -2.53. The number of pyridine rings is 1. The molecule has 1 aromatic carbocycles. The van der Waals surface area contributed by atoms with Crippen molar-refractivity contribution in [1.82, 2.24) is 10.4 Å². The number of carbonyl (C=O) groups excluding carboxylic acids is 1. The first-order chi connectivity index (χ1) is 9.29. The molecule has 0 saturated heterocycles. The average Bonchev–Trinajstić information content (AvgIpc) is 2.48. The van der Waals surface area contributed by atoms with Crippen LogP contribution in [0.15, 0.2) is 53.9 Å². The third-order valence-corrected chi connectivity index (χ3v) is 2.46. The molecule has 0 spiro atoms. The van der Waals surface area contributed by atoms with E-state index in [1.54, 1.807) is 30.6 Å². The van der Waals surface area contributed by atoms with Gasteiger partial charge >= 0.3 is 0 Å². The fourth-order valence-electron chi connectivity index (χ4n) is 1.51. The number of rotatable bonds is 4. The van der Waals surface area contributed by atoms with Crippen LogP contribution in [-0.2, 0) is 6.61 Å². The molecular formula is C14H13N3O2. The van der Waals surface area contributed by atoms with Crippen LogP contribution >= 0.6 is 0 Å². The molecule has 0 aliphatic heterocycles. The summed E-state index contributed by atoms with van der Waals surface area (Å²) in [5.74, 6) is -0.294. The summed E-state index contributed by atoms with van der Waals surface area (Å²) in [5.41, 5.74) is 4.52. The van der Waals surface area contributed by atoms with Crippen molar-refractivity contribution < 1.29 is 9.90 Å². The van der Waals surface area contributed by atoms with Crippen LogP contribution in [0.5, 0.6) is 0 Å². The average molecular weight is 255 g/mol. The van der Waals surface area contributed by atoms with E-state index >= 15 is 0 Å². The Kier molecular flexibility index (Phi) is 4.36. The van der Waals surface area contributed by atoms with Crippen molar-refractivity contribution in [1.29, 1.82) is 0 Å². The first-order valence-corrected chi connectivity index (χ1v) is 5.73. The van der Waals surface area contributed by atoms with Gasteiger partial charge in [0.1, 0.15) is 0 Å². The molecule has 1 aromatic heterocycles. The number of benzene rings is 1.